The quantitative estimate of drug-likeness (QED) is 0.857. The number of nitrogens with zero attached hydrogens (tertiary/aromatic N) is 1. The van der Waals surface area contributed by atoms with Crippen molar-refractivity contribution in [1.29, 1.82) is 0 Å². The molecule has 0 radical (unpaired) electrons. The van der Waals surface area contributed by atoms with E-state index in [9.17, 15) is 4.79 Å². The van der Waals surface area contributed by atoms with Crippen molar-refractivity contribution >= 4 is 23.4 Å². The van der Waals surface area contributed by atoms with Gasteiger partial charge in [-0.1, -0.05) is 0 Å². The number of aromatic nitrogens is 1. The molecule has 0 aliphatic rings. The number of hydrogen-bond acceptors (Lipinski definition) is 4. The smallest absolute Gasteiger partial charge is 0.328 e. The molecule has 1 heterocycles. The Morgan fingerprint density at radius 2 is 2.10 bits per heavy atom. The van der Waals surface area contributed by atoms with Crippen LogP contribution < -0.4 is 4.74 Å². The van der Waals surface area contributed by atoms with E-state index in [0.717, 1.165) is 34.2 Å². The fraction of sp³-hybridized carbons (Fsp3) is 0.200. The molecule has 0 atom stereocenters. The van der Waals surface area contributed by atoms with Crippen molar-refractivity contribution in [2.45, 2.75) is 20.5 Å². The molecular formula is C15H15NO3S. The van der Waals surface area contributed by atoms with Gasteiger partial charge in [-0.25, -0.2) is 9.78 Å². The van der Waals surface area contributed by atoms with Crippen molar-refractivity contribution < 1.29 is 14.6 Å². The van der Waals surface area contributed by atoms with Gasteiger partial charge >= 0.3 is 5.97 Å². The number of ether oxygens (including phenoxy) is 1. The normalized spacial score (nSPS) is 10.9. The molecule has 0 aliphatic carbocycles. The van der Waals surface area contributed by atoms with Crippen LogP contribution >= 0.6 is 11.3 Å². The minimum atomic E-state index is -0.954. The van der Waals surface area contributed by atoms with Crippen molar-refractivity contribution in [2.75, 3.05) is 0 Å². The zero-order valence-corrected chi connectivity index (χ0v) is 12.1. The second-order valence-electron chi connectivity index (χ2n) is 4.42. The van der Waals surface area contributed by atoms with Crippen molar-refractivity contribution in [3.05, 3.63) is 51.5 Å². The summed E-state index contributed by atoms with van der Waals surface area (Å²) in [6.45, 7) is 4.33. The molecule has 0 saturated carbocycles. The molecule has 2 rings (SSSR count). The Bertz CT molecular complexity index is 610. The molecule has 1 aromatic heterocycles. The lowest BCUT2D eigenvalue weighted by Crippen LogP contribution is -1.99. The summed E-state index contributed by atoms with van der Waals surface area (Å²) in [5, 5.41) is 10.6. The van der Waals surface area contributed by atoms with E-state index in [-0.39, 0.29) is 0 Å². The number of thiazole rings is 1. The summed E-state index contributed by atoms with van der Waals surface area (Å²) in [7, 11) is 0. The van der Waals surface area contributed by atoms with Gasteiger partial charge in [0.2, 0.25) is 0 Å². The van der Waals surface area contributed by atoms with Gasteiger partial charge in [-0.3, -0.25) is 0 Å². The predicted octanol–water partition coefficient (Wildman–Crippen LogP) is 3.44. The molecule has 0 saturated heterocycles. The average molecular weight is 289 g/mol. The molecule has 104 valence electrons. The predicted molar refractivity (Wildman–Crippen MR) is 79.0 cm³/mol. The maximum absolute atomic E-state index is 10.5. The first kappa shape index (κ1) is 14.3. The van der Waals surface area contributed by atoms with Gasteiger partial charge in [0.1, 0.15) is 12.4 Å². The molecular weight excluding hydrogens is 274 g/mol. The average Bonchev–Trinajstić information content (AvgIpc) is 2.88. The Labute approximate surface area is 121 Å². The summed E-state index contributed by atoms with van der Waals surface area (Å²) in [5.41, 5.74) is 5.49. The molecule has 0 aliphatic heterocycles. The molecule has 0 unspecified atom stereocenters. The Balaban J connectivity index is 2.16. The number of carboxylic acids is 1. The third-order valence-corrected chi connectivity index (χ3v) is 3.38. The molecule has 1 aromatic carbocycles. The van der Waals surface area contributed by atoms with E-state index >= 15 is 0 Å². The highest BCUT2D eigenvalue weighted by atomic mass is 32.1. The Hall–Kier alpha value is -2.14. The lowest BCUT2D eigenvalue weighted by atomic mass is 10.1. The Morgan fingerprint density at radius 1 is 1.40 bits per heavy atom. The summed E-state index contributed by atoms with van der Waals surface area (Å²) in [4.78, 5) is 14.7. The molecule has 0 bridgehead atoms. The topological polar surface area (TPSA) is 59.4 Å². The van der Waals surface area contributed by atoms with E-state index in [1.165, 1.54) is 11.3 Å². The first-order valence-corrected chi connectivity index (χ1v) is 7.02. The van der Waals surface area contributed by atoms with Crippen LogP contribution in [0.5, 0.6) is 5.75 Å². The van der Waals surface area contributed by atoms with Crippen LogP contribution in [0.15, 0.2) is 29.1 Å². The summed E-state index contributed by atoms with van der Waals surface area (Å²) < 4.78 is 5.80. The minimum absolute atomic E-state index is 0.440. The van der Waals surface area contributed by atoms with Crippen LogP contribution in [0.25, 0.3) is 6.08 Å². The number of hydrogen-bond donors (Lipinski definition) is 1. The first-order chi connectivity index (χ1) is 9.56. The number of carbonyl (C=O) groups is 1. The summed E-state index contributed by atoms with van der Waals surface area (Å²) >= 11 is 1.54. The van der Waals surface area contributed by atoms with Crippen molar-refractivity contribution in [3.63, 3.8) is 0 Å². The molecule has 0 amide bonds. The standard InChI is InChI=1S/C15H15NO3S/c1-10-5-12(3-4-14(17)18)6-11(2)15(10)19-7-13-8-20-9-16-13/h3-6,8-9H,7H2,1-2H3,(H,17,18)/b4-3+. The fourth-order valence-corrected chi connectivity index (χ4v) is 2.47. The zero-order chi connectivity index (χ0) is 14.5. The number of carboxylic acid groups (broad SMARTS) is 1. The number of aliphatic carboxylic acids is 1. The van der Waals surface area contributed by atoms with Crippen LogP contribution in [0.4, 0.5) is 0 Å². The van der Waals surface area contributed by atoms with Gasteiger partial charge in [-0.15, -0.1) is 11.3 Å². The summed E-state index contributed by atoms with van der Waals surface area (Å²) in [6, 6.07) is 3.81. The van der Waals surface area contributed by atoms with Gasteiger partial charge in [0.25, 0.3) is 0 Å². The highest BCUT2D eigenvalue weighted by Crippen LogP contribution is 2.26. The van der Waals surface area contributed by atoms with Gasteiger partial charge in [0.05, 0.1) is 11.2 Å². The number of benzene rings is 1. The summed E-state index contributed by atoms with van der Waals surface area (Å²) in [6.07, 6.45) is 2.70. The first-order valence-electron chi connectivity index (χ1n) is 6.08. The lowest BCUT2D eigenvalue weighted by Gasteiger charge is -2.12. The van der Waals surface area contributed by atoms with Gasteiger partial charge in [0.15, 0.2) is 0 Å². The maximum atomic E-state index is 10.5. The van der Waals surface area contributed by atoms with E-state index in [1.807, 2.05) is 31.4 Å². The maximum Gasteiger partial charge on any atom is 0.328 e. The fourth-order valence-electron chi connectivity index (χ4n) is 1.93. The third-order valence-electron chi connectivity index (χ3n) is 2.75. The Kier molecular flexibility index (Phi) is 4.53. The van der Waals surface area contributed by atoms with Gasteiger partial charge in [-0.2, -0.15) is 0 Å². The van der Waals surface area contributed by atoms with Crippen molar-refractivity contribution in [1.82, 2.24) is 4.98 Å². The van der Waals surface area contributed by atoms with Crippen LogP contribution in [0.2, 0.25) is 0 Å². The zero-order valence-electron chi connectivity index (χ0n) is 11.3. The molecule has 1 N–H and O–H groups in total. The monoisotopic (exact) mass is 289 g/mol. The van der Waals surface area contributed by atoms with Gasteiger partial charge in [0, 0.05) is 11.5 Å². The molecule has 0 spiro atoms. The lowest BCUT2D eigenvalue weighted by molar-refractivity contribution is -0.131. The molecule has 20 heavy (non-hydrogen) atoms. The molecule has 2 aromatic rings. The highest BCUT2D eigenvalue weighted by Gasteiger charge is 2.07. The van der Waals surface area contributed by atoms with Crippen molar-refractivity contribution in [3.8, 4) is 5.75 Å². The van der Waals surface area contributed by atoms with E-state index in [4.69, 9.17) is 9.84 Å². The SMILES string of the molecule is Cc1cc(/C=C/C(=O)O)cc(C)c1OCc1cscn1. The third kappa shape index (κ3) is 3.68. The van der Waals surface area contributed by atoms with Gasteiger partial charge in [-0.05, 0) is 48.7 Å². The number of aryl methyl sites for hydroxylation is 2. The van der Waals surface area contributed by atoms with Gasteiger partial charge < -0.3 is 9.84 Å². The summed E-state index contributed by atoms with van der Waals surface area (Å²) in [5.74, 6) is -0.130. The van der Waals surface area contributed by atoms with Crippen LogP contribution in [0.3, 0.4) is 0 Å². The van der Waals surface area contributed by atoms with E-state index in [0.29, 0.717) is 6.61 Å². The number of rotatable bonds is 5. The van der Waals surface area contributed by atoms with E-state index < -0.39 is 5.97 Å². The van der Waals surface area contributed by atoms with E-state index in [1.54, 1.807) is 11.6 Å². The van der Waals surface area contributed by atoms with Crippen LogP contribution in [0.1, 0.15) is 22.4 Å². The molecule has 0 fully saturated rings. The minimum Gasteiger partial charge on any atom is -0.487 e. The van der Waals surface area contributed by atoms with Crippen LogP contribution in [-0.4, -0.2) is 16.1 Å². The second kappa shape index (κ2) is 6.34. The van der Waals surface area contributed by atoms with Crippen LogP contribution in [0, 0.1) is 13.8 Å². The highest BCUT2D eigenvalue weighted by molar-refractivity contribution is 7.07. The molecule has 5 heteroatoms. The van der Waals surface area contributed by atoms with E-state index in [2.05, 4.69) is 4.98 Å². The molecule has 4 nitrogen and oxygen atoms in total. The van der Waals surface area contributed by atoms with Crippen molar-refractivity contribution in [2.24, 2.45) is 0 Å². The second-order valence-corrected chi connectivity index (χ2v) is 5.14. The van der Waals surface area contributed by atoms with Crippen LogP contribution in [-0.2, 0) is 11.4 Å². The largest absolute Gasteiger partial charge is 0.487 e. The Morgan fingerprint density at radius 3 is 2.65 bits per heavy atom.